The van der Waals surface area contributed by atoms with Gasteiger partial charge in [0.25, 0.3) is 0 Å². The molecule has 0 bridgehead atoms. The van der Waals surface area contributed by atoms with Crippen LogP contribution in [0.3, 0.4) is 0 Å². The summed E-state index contributed by atoms with van der Waals surface area (Å²) in [6, 6.07) is 4.44. The minimum absolute atomic E-state index is 0.146. The average Bonchev–Trinajstić information content (AvgIpc) is 2.73. The molecular weight excluding hydrogens is 250 g/mol. The Morgan fingerprint density at radius 2 is 2.31 bits per heavy atom. The van der Waals surface area contributed by atoms with Gasteiger partial charge in [0.05, 0.1) is 16.3 Å². The monoisotopic (exact) mass is 255 g/mol. The number of anilines is 2. The SMILES string of the molecule is O=C(O)c1ccc(Nc2ncns2)c(Cl)c1. The van der Waals surface area contributed by atoms with Gasteiger partial charge >= 0.3 is 5.97 Å². The Bertz CT molecular complexity index is 515. The first kappa shape index (κ1) is 10.8. The summed E-state index contributed by atoms with van der Waals surface area (Å²) in [5.41, 5.74) is 0.747. The van der Waals surface area contributed by atoms with Gasteiger partial charge in [-0.1, -0.05) is 11.6 Å². The highest BCUT2D eigenvalue weighted by atomic mass is 35.5. The van der Waals surface area contributed by atoms with Crippen LogP contribution in [0, 0.1) is 0 Å². The molecule has 0 atom stereocenters. The number of nitrogens with one attached hydrogen (secondary N) is 1. The van der Waals surface area contributed by atoms with Gasteiger partial charge in [-0.25, -0.2) is 9.78 Å². The third-order valence-electron chi connectivity index (χ3n) is 1.82. The lowest BCUT2D eigenvalue weighted by Gasteiger charge is -2.05. The number of halogens is 1. The van der Waals surface area contributed by atoms with E-state index in [1.807, 2.05) is 0 Å². The molecule has 1 aromatic carbocycles. The van der Waals surface area contributed by atoms with Gasteiger partial charge in [0, 0.05) is 11.5 Å². The lowest BCUT2D eigenvalue weighted by atomic mass is 10.2. The van der Waals surface area contributed by atoms with Crippen LogP contribution in [-0.2, 0) is 0 Å². The molecule has 5 nitrogen and oxygen atoms in total. The number of carbonyl (C=O) groups is 1. The highest BCUT2D eigenvalue weighted by molar-refractivity contribution is 7.09. The maximum Gasteiger partial charge on any atom is 0.335 e. The second-order valence-corrected chi connectivity index (χ2v) is 4.06. The van der Waals surface area contributed by atoms with E-state index in [0.29, 0.717) is 15.8 Å². The Morgan fingerprint density at radius 1 is 1.50 bits per heavy atom. The molecule has 2 rings (SSSR count). The van der Waals surface area contributed by atoms with Gasteiger partial charge in [-0.05, 0) is 18.2 Å². The lowest BCUT2D eigenvalue weighted by Crippen LogP contribution is -1.97. The van der Waals surface area contributed by atoms with Crippen molar-refractivity contribution in [3.8, 4) is 0 Å². The Balaban J connectivity index is 2.26. The maximum atomic E-state index is 10.7. The van der Waals surface area contributed by atoms with E-state index in [4.69, 9.17) is 16.7 Å². The van der Waals surface area contributed by atoms with Crippen LogP contribution in [0.15, 0.2) is 24.5 Å². The molecule has 1 aromatic heterocycles. The van der Waals surface area contributed by atoms with Crippen molar-refractivity contribution in [2.75, 3.05) is 5.32 Å². The van der Waals surface area contributed by atoms with Crippen LogP contribution in [0.2, 0.25) is 5.02 Å². The van der Waals surface area contributed by atoms with Crippen LogP contribution in [0.1, 0.15) is 10.4 Å². The van der Waals surface area contributed by atoms with Crippen LogP contribution in [0.4, 0.5) is 10.8 Å². The summed E-state index contributed by atoms with van der Waals surface area (Å²) < 4.78 is 3.82. The summed E-state index contributed by atoms with van der Waals surface area (Å²) in [6.07, 6.45) is 1.42. The van der Waals surface area contributed by atoms with Gasteiger partial charge < -0.3 is 10.4 Å². The molecule has 7 heteroatoms. The molecule has 1 heterocycles. The van der Waals surface area contributed by atoms with Gasteiger partial charge in [0.1, 0.15) is 6.33 Å². The first-order valence-electron chi connectivity index (χ1n) is 4.23. The molecule has 2 N–H and O–H groups in total. The van der Waals surface area contributed by atoms with Crippen LogP contribution < -0.4 is 5.32 Å². The molecular formula is C9H6ClN3O2S. The number of aromatic nitrogens is 2. The van der Waals surface area contributed by atoms with E-state index in [9.17, 15) is 4.79 Å². The van der Waals surface area contributed by atoms with Gasteiger partial charge in [-0.3, -0.25) is 0 Å². The number of benzene rings is 1. The normalized spacial score (nSPS) is 10.1. The van der Waals surface area contributed by atoms with E-state index in [2.05, 4.69) is 14.7 Å². The highest BCUT2D eigenvalue weighted by Crippen LogP contribution is 2.26. The van der Waals surface area contributed by atoms with Gasteiger partial charge in [0.2, 0.25) is 5.13 Å². The van der Waals surface area contributed by atoms with Crippen LogP contribution in [0.25, 0.3) is 0 Å². The van der Waals surface area contributed by atoms with E-state index in [0.717, 1.165) is 0 Å². The van der Waals surface area contributed by atoms with Gasteiger partial charge in [-0.15, -0.1) is 0 Å². The van der Waals surface area contributed by atoms with Crippen molar-refractivity contribution in [3.05, 3.63) is 35.1 Å². The molecule has 0 fully saturated rings. The van der Waals surface area contributed by atoms with Crippen LogP contribution in [-0.4, -0.2) is 20.4 Å². The maximum absolute atomic E-state index is 10.7. The van der Waals surface area contributed by atoms with Crippen molar-refractivity contribution in [2.24, 2.45) is 0 Å². The fraction of sp³-hybridized carbons (Fsp3) is 0. The number of hydrogen-bond donors (Lipinski definition) is 2. The Morgan fingerprint density at radius 3 is 2.88 bits per heavy atom. The molecule has 0 aliphatic carbocycles. The van der Waals surface area contributed by atoms with Gasteiger partial charge in [0.15, 0.2) is 0 Å². The Labute approximate surface area is 99.9 Å². The summed E-state index contributed by atoms with van der Waals surface area (Å²) in [7, 11) is 0. The van der Waals surface area contributed by atoms with Crippen molar-refractivity contribution in [3.63, 3.8) is 0 Å². The van der Waals surface area contributed by atoms with E-state index in [-0.39, 0.29) is 5.56 Å². The molecule has 0 aliphatic rings. The predicted molar refractivity (Wildman–Crippen MR) is 61.6 cm³/mol. The molecule has 0 spiro atoms. The number of rotatable bonds is 3. The molecule has 2 aromatic rings. The number of nitrogens with zero attached hydrogens (tertiary/aromatic N) is 2. The third-order valence-corrected chi connectivity index (χ3v) is 2.71. The smallest absolute Gasteiger partial charge is 0.335 e. The van der Waals surface area contributed by atoms with Crippen molar-refractivity contribution in [1.29, 1.82) is 0 Å². The molecule has 0 saturated carbocycles. The summed E-state index contributed by atoms with van der Waals surface area (Å²) in [4.78, 5) is 14.6. The first-order valence-corrected chi connectivity index (χ1v) is 5.38. The molecule has 16 heavy (non-hydrogen) atoms. The first-order chi connectivity index (χ1) is 7.66. The van der Waals surface area contributed by atoms with E-state index in [1.165, 1.54) is 30.0 Å². The second kappa shape index (κ2) is 4.46. The molecule has 0 saturated heterocycles. The number of hydrogen-bond acceptors (Lipinski definition) is 5. The van der Waals surface area contributed by atoms with Crippen molar-refractivity contribution in [1.82, 2.24) is 9.36 Å². The van der Waals surface area contributed by atoms with Crippen molar-refractivity contribution < 1.29 is 9.90 Å². The minimum Gasteiger partial charge on any atom is -0.478 e. The fourth-order valence-corrected chi connectivity index (χ4v) is 1.76. The second-order valence-electron chi connectivity index (χ2n) is 2.87. The zero-order chi connectivity index (χ0) is 11.5. The molecule has 0 unspecified atom stereocenters. The predicted octanol–water partition coefficient (Wildman–Crippen LogP) is 2.63. The number of carboxylic acids is 1. The number of carboxylic acid groups (broad SMARTS) is 1. The Hall–Kier alpha value is -1.66. The summed E-state index contributed by atoms with van der Waals surface area (Å²) in [5, 5.41) is 12.6. The van der Waals surface area contributed by atoms with E-state index >= 15 is 0 Å². The fourth-order valence-electron chi connectivity index (χ4n) is 1.09. The zero-order valence-corrected chi connectivity index (χ0v) is 9.42. The quantitative estimate of drug-likeness (QED) is 0.882. The van der Waals surface area contributed by atoms with E-state index < -0.39 is 5.97 Å². The topological polar surface area (TPSA) is 75.1 Å². The van der Waals surface area contributed by atoms with Crippen molar-refractivity contribution in [2.45, 2.75) is 0 Å². The van der Waals surface area contributed by atoms with Crippen LogP contribution in [0.5, 0.6) is 0 Å². The largest absolute Gasteiger partial charge is 0.478 e. The highest BCUT2D eigenvalue weighted by Gasteiger charge is 2.07. The summed E-state index contributed by atoms with van der Waals surface area (Å²) in [6.45, 7) is 0. The van der Waals surface area contributed by atoms with Crippen molar-refractivity contribution >= 4 is 39.9 Å². The lowest BCUT2D eigenvalue weighted by molar-refractivity contribution is 0.0697. The van der Waals surface area contributed by atoms with E-state index in [1.54, 1.807) is 6.07 Å². The standard InChI is InChI=1S/C9H6ClN3O2S/c10-6-3-5(8(14)15)1-2-7(6)13-9-11-4-12-16-9/h1-4H,(H,14,15)(H,11,12,13). The zero-order valence-electron chi connectivity index (χ0n) is 7.85. The molecule has 0 aliphatic heterocycles. The summed E-state index contributed by atoms with van der Waals surface area (Å²) in [5.74, 6) is -1.01. The van der Waals surface area contributed by atoms with Crippen LogP contribution >= 0.6 is 23.1 Å². The molecule has 82 valence electrons. The number of aromatic carboxylic acids is 1. The molecule has 0 amide bonds. The summed E-state index contributed by atoms with van der Waals surface area (Å²) >= 11 is 7.11. The van der Waals surface area contributed by atoms with Gasteiger partial charge in [-0.2, -0.15) is 4.37 Å². The average molecular weight is 256 g/mol. The molecule has 0 radical (unpaired) electrons. The third kappa shape index (κ3) is 2.29. The Kier molecular flexibility index (Phi) is 3.02. The minimum atomic E-state index is -1.01.